The zero-order valence-electron chi connectivity index (χ0n) is 10.3. The van der Waals surface area contributed by atoms with Crippen LogP contribution in [0.2, 0.25) is 0 Å². The molecule has 86 valence electrons. The van der Waals surface area contributed by atoms with Gasteiger partial charge < -0.3 is 5.32 Å². The van der Waals surface area contributed by atoms with Gasteiger partial charge in [0.1, 0.15) is 0 Å². The number of rotatable bonds is 1. The molecule has 0 saturated heterocycles. The first-order chi connectivity index (χ1) is 7.50. The van der Waals surface area contributed by atoms with E-state index in [1.54, 1.807) is 6.92 Å². The van der Waals surface area contributed by atoms with Crippen molar-refractivity contribution >= 4 is 11.5 Å². The van der Waals surface area contributed by atoms with Crippen molar-refractivity contribution in [2.45, 2.75) is 39.0 Å². The van der Waals surface area contributed by atoms with Gasteiger partial charge in [-0.25, -0.2) is 0 Å². The summed E-state index contributed by atoms with van der Waals surface area (Å²) < 4.78 is 0. The largest absolute Gasteiger partial charge is 0.385 e. The Morgan fingerprint density at radius 1 is 1.38 bits per heavy atom. The first kappa shape index (κ1) is 11.2. The van der Waals surface area contributed by atoms with Crippen LogP contribution in [0.1, 0.15) is 49.5 Å². The third kappa shape index (κ3) is 1.97. The number of carbonyl (C=O) groups is 1. The van der Waals surface area contributed by atoms with Gasteiger partial charge in [0.05, 0.1) is 0 Å². The number of carbonyl (C=O) groups excluding carboxylic acids is 1. The molecule has 0 aromatic heterocycles. The summed E-state index contributed by atoms with van der Waals surface area (Å²) in [5, 5.41) is 3.44. The van der Waals surface area contributed by atoms with Crippen LogP contribution in [-0.4, -0.2) is 12.3 Å². The van der Waals surface area contributed by atoms with Gasteiger partial charge in [-0.3, -0.25) is 4.79 Å². The SMILES string of the molecule is CC(=O)c1ccc2c(c1)C(C)(C)CCCN2. The van der Waals surface area contributed by atoms with E-state index in [0.29, 0.717) is 0 Å². The number of nitrogens with one attached hydrogen (secondary N) is 1. The van der Waals surface area contributed by atoms with Crippen molar-refractivity contribution in [3.8, 4) is 0 Å². The third-order valence-electron chi connectivity index (χ3n) is 3.45. The van der Waals surface area contributed by atoms with Crippen LogP contribution in [0.5, 0.6) is 0 Å². The fourth-order valence-corrected chi connectivity index (χ4v) is 2.37. The lowest BCUT2D eigenvalue weighted by Gasteiger charge is -2.25. The highest BCUT2D eigenvalue weighted by Gasteiger charge is 2.26. The lowest BCUT2D eigenvalue weighted by molar-refractivity contribution is 0.101. The average Bonchev–Trinajstić information content (AvgIpc) is 2.37. The zero-order chi connectivity index (χ0) is 11.8. The molecule has 1 aliphatic rings. The standard InChI is InChI=1S/C14H19NO/c1-10(16)11-5-6-13-12(9-11)14(2,3)7-4-8-15-13/h5-6,9,15H,4,7-8H2,1-3H3. The second-order valence-corrected chi connectivity index (χ2v) is 5.23. The van der Waals surface area contributed by atoms with E-state index in [0.717, 1.165) is 18.5 Å². The Labute approximate surface area is 97.1 Å². The van der Waals surface area contributed by atoms with Crippen molar-refractivity contribution in [3.63, 3.8) is 0 Å². The van der Waals surface area contributed by atoms with Crippen LogP contribution < -0.4 is 5.32 Å². The number of ketones is 1. The third-order valence-corrected chi connectivity index (χ3v) is 3.45. The molecule has 0 aliphatic carbocycles. The van der Waals surface area contributed by atoms with Gasteiger partial charge in [0, 0.05) is 17.8 Å². The first-order valence-corrected chi connectivity index (χ1v) is 5.90. The van der Waals surface area contributed by atoms with E-state index in [1.165, 1.54) is 17.7 Å². The highest BCUT2D eigenvalue weighted by atomic mass is 16.1. The minimum Gasteiger partial charge on any atom is -0.385 e. The number of fused-ring (bicyclic) bond motifs is 1. The second-order valence-electron chi connectivity index (χ2n) is 5.23. The molecule has 0 atom stereocenters. The van der Waals surface area contributed by atoms with Gasteiger partial charge in [0.2, 0.25) is 0 Å². The normalized spacial score (nSPS) is 18.2. The summed E-state index contributed by atoms with van der Waals surface area (Å²) in [5.74, 6) is 0.142. The number of benzene rings is 1. The number of anilines is 1. The summed E-state index contributed by atoms with van der Waals surface area (Å²) in [6.45, 7) is 7.15. The Morgan fingerprint density at radius 2 is 2.12 bits per heavy atom. The zero-order valence-corrected chi connectivity index (χ0v) is 10.3. The predicted octanol–water partition coefficient (Wildman–Crippen LogP) is 3.37. The Kier molecular flexibility index (Phi) is 2.75. The molecule has 0 bridgehead atoms. The summed E-state index contributed by atoms with van der Waals surface area (Å²) in [4.78, 5) is 11.4. The van der Waals surface area contributed by atoms with Gasteiger partial charge in [-0.15, -0.1) is 0 Å². The van der Waals surface area contributed by atoms with Gasteiger partial charge in [-0.2, -0.15) is 0 Å². The molecule has 1 aliphatic heterocycles. The van der Waals surface area contributed by atoms with Crippen molar-refractivity contribution in [3.05, 3.63) is 29.3 Å². The van der Waals surface area contributed by atoms with Crippen LogP contribution in [0.15, 0.2) is 18.2 Å². The molecule has 2 heteroatoms. The number of Topliss-reactive ketones (excluding diaryl/α,β-unsaturated/α-hetero) is 1. The molecule has 0 radical (unpaired) electrons. The Morgan fingerprint density at radius 3 is 2.81 bits per heavy atom. The lowest BCUT2D eigenvalue weighted by Crippen LogP contribution is -2.17. The Bertz CT molecular complexity index is 421. The van der Waals surface area contributed by atoms with Crippen molar-refractivity contribution in [2.75, 3.05) is 11.9 Å². The van der Waals surface area contributed by atoms with Crippen LogP contribution >= 0.6 is 0 Å². The number of hydrogen-bond donors (Lipinski definition) is 1. The number of hydrogen-bond acceptors (Lipinski definition) is 2. The quantitative estimate of drug-likeness (QED) is 0.731. The summed E-state index contributed by atoms with van der Waals surface area (Å²) in [7, 11) is 0. The fourth-order valence-electron chi connectivity index (χ4n) is 2.37. The van der Waals surface area contributed by atoms with Gasteiger partial charge in [-0.1, -0.05) is 13.8 Å². The molecule has 2 nitrogen and oxygen atoms in total. The molecular weight excluding hydrogens is 198 g/mol. The smallest absolute Gasteiger partial charge is 0.159 e. The van der Waals surface area contributed by atoms with Crippen LogP contribution in [0.3, 0.4) is 0 Å². The highest BCUT2D eigenvalue weighted by Crippen LogP contribution is 2.36. The first-order valence-electron chi connectivity index (χ1n) is 5.90. The predicted molar refractivity (Wildman–Crippen MR) is 67.2 cm³/mol. The molecule has 1 heterocycles. The van der Waals surface area contributed by atoms with E-state index in [9.17, 15) is 4.79 Å². The van der Waals surface area contributed by atoms with E-state index in [-0.39, 0.29) is 11.2 Å². The summed E-state index contributed by atoms with van der Waals surface area (Å²) in [6.07, 6.45) is 2.34. The van der Waals surface area contributed by atoms with Crippen molar-refractivity contribution < 1.29 is 4.79 Å². The molecular formula is C14H19NO. The Balaban J connectivity index is 2.53. The van der Waals surface area contributed by atoms with Crippen molar-refractivity contribution in [1.29, 1.82) is 0 Å². The molecule has 1 aromatic rings. The molecule has 16 heavy (non-hydrogen) atoms. The van der Waals surface area contributed by atoms with Crippen LogP contribution in [0, 0.1) is 0 Å². The van der Waals surface area contributed by atoms with Gasteiger partial charge in [0.25, 0.3) is 0 Å². The molecule has 1 aromatic carbocycles. The summed E-state index contributed by atoms with van der Waals surface area (Å²) >= 11 is 0. The minimum absolute atomic E-state index is 0.142. The maximum absolute atomic E-state index is 11.4. The van der Waals surface area contributed by atoms with Gasteiger partial charge >= 0.3 is 0 Å². The molecule has 0 saturated carbocycles. The maximum Gasteiger partial charge on any atom is 0.159 e. The van der Waals surface area contributed by atoms with Crippen LogP contribution in [0.25, 0.3) is 0 Å². The maximum atomic E-state index is 11.4. The van der Waals surface area contributed by atoms with Crippen molar-refractivity contribution in [2.24, 2.45) is 0 Å². The molecule has 1 N–H and O–H groups in total. The van der Waals surface area contributed by atoms with E-state index in [2.05, 4.69) is 25.2 Å². The van der Waals surface area contributed by atoms with Gasteiger partial charge in [-0.05, 0) is 48.9 Å². The second kappa shape index (κ2) is 3.93. The minimum atomic E-state index is 0.142. The average molecular weight is 217 g/mol. The van der Waals surface area contributed by atoms with Crippen LogP contribution in [0.4, 0.5) is 5.69 Å². The molecule has 0 amide bonds. The topological polar surface area (TPSA) is 29.1 Å². The lowest BCUT2D eigenvalue weighted by atomic mass is 9.80. The summed E-state index contributed by atoms with van der Waals surface area (Å²) in [6, 6.07) is 6.00. The van der Waals surface area contributed by atoms with Gasteiger partial charge in [0.15, 0.2) is 5.78 Å². The van der Waals surface area contributed by atoms with Crippen LogP contribution in [-0.2, 0) is 5.41 Å². The van der Waals surface area contributed by atoms with E-state index < -0.39 is 0 Å². The highest BCUT2D eigenvalue weighted by molar-refractivity contribution is 5.94. The van der Waals surface area contributed by atoms with E-state index in [4.69, 9.17) is 0 Å². The summed E-state index contributed by atoms with van der Waals surface area (Å²) in [5.41, 5.74) is 3.44. The fraction of sp³-hybridized carbons (Fsp3) is 0.500. The molecule has 2 rings (SSSR count). The van der Waals surface area contributed by atoms with E-state index in [1.807, 2.05) is 12.1 Å². The Hall–Kier alpha value is -1.31. The van der Waals surface area contributed by atoms with E-state index >= 15 is 0 Å². The molecule has 0 unspecified atom stereocenters. The molecule has 0 spiro atoms. The van der Waals surface area contributed by atoms with Crippen molar-refractivity contribution in [1.82, 2.24) is 0 Å². The monoisotopic (exact) mass is 217 g/mol. The molecule has 0 fully saturated rings.